The highest BCUT2D eigenvalue weighted by atomic mass is 16.5. The van der Waals surface area contributed by atoms with Gasteiger partial charge in [-0.1, -0.05) is 12.8 Å². The summed E-state index contributed by atoms with van der Waals surface area (Å²) in [6, 6.07) is 7.09. The second kappa shape index (κ2) is 8.04. The van der Waals surface area contributed by atoms with Crippen LogP contribution in [-0.4, -0.2) is 30.5 Å². The third-order valence-electron chi connectivity index (χ3n) is 2.59. The maximum Gasteiger partial charge on any atom is 0.226 e. The van der Waals surface area contributed by atoms with Gasteiger partial charge in [0, 0.05) is 12.2 Å². The lowest BCUT2D eigenvalue weighted by Gasteiger charge is -2.19. The Labute approximate surface area is 114 Å². The molecule has 1 rings (SSSR count). The minimum Gasteiger partial charge on any atom is -0.493 e. The van der Waals surface area contributed by atoms with Crippen molar-refractivity contribution in [1.82, 2.24) is 4.90 Å². The van der Waals surface area contributed by atoms with Gasteiger partial charge < -0.3 is 15.4 Å². The SMILES string of the molecule is C#CCN(CCC)C(=O)CCOc1ccc(N)cc1. The van der Waals surface area contributed by atoms with E-state index >= 15 is 0 Å². The van der Waals surface area contributed by atoms with Gasteiger partial charge in [-0.05, 0) is 30.7 Å². The third-order valence-corrected chi connectivity index (χ3v) is 2.59. The predicted molar refractivity (Wildman–Crippen MR) is 76.7 cm³/mol. The summed E-state index contributed by atoms with van der Waals surface area (Å²) >= 11 is 0. The molecule has 0 radical (unpaired) electrons. The van der Waals surface area contributed by atoms with Crippen LogP contribution in [0.15, 0.2) is 24.3 Å². The molecule has 1 aromatic rings. The van der Waals surface area contributed by atoms with E-state index in [0.717, 1.165) is 6.42 Å². The monoisotopic (exact) mass is 260 g/mol. The molecule has 0 aliphatic heterocycles. The number of anilines is 1. The van der Waals surface area contributed by atoms with E-state index in [1.807, 2.05) is 6.92 Å². The summed E-state index contributed by atoms with van der Waals surface area (Å²) in [6.07, 6.45) is 6.46. The molecule has 19 heavy (non-hydrogen) atoms. The Morgan fingerprint density at radius 2 is 2.11 bits per heavy atom. The van der Waals surface area contributed by atoms with Crippen molar-refractivity contribution in [3.05, 3.63) is 24.3 Å². The van der Waals surface area contributed by atoms with Gasteiger partial charge in [0.1, 0.15) is 5.75 Å². The second-order valence-electron chi connectivity index (χ2n) is 4.19. The van der Waals surface area contributed by atoms with E-state index in [0.29, 0.717) is 37.6 Å². The molecule has 2 N–H and O–H groups in total. The molecule has 1 amide bonds. The van der Waals surface area contributed by atoms with Crippen molar-refractivity contribution in [3.8, 4) is 18.1 Å². The molecule has 0 unspecified atom stereocenters. The highest BCUT2D eigenvalue weighted by Crippen LogP contribution is 2.13. The predicted octanol–water partition coefficient (Wildman–Crippen LogP) is 1.91. The number of carbonyl (C=O) groups excluding carboxylic acids is 1. The number of hydrogen-bond donors (Lipinski definition) is 1. The van der Waals surface area contributed by atoms with Crippen molar-refractivity contribution in [2.45, 2.75) is 19.8 Å². The van der Waals surface area contributed by atoms with Gasteiger partial charge in [0.25, 0.3) is 0 Å². The third kappa shape index (κ3) is 5.35. The molecule has 0 atom stereocenters. The van der Waals surface area contributed by atoms with E-state index < -0.39 is 0 Å². The van der Waals surface area contributed by atoms with Crippen LogP contribution < -0.4 is 10.5 Å². The molecule has 0 fully saturated rings. The van der Waals surface area contributed by atoms with Gasteiger partial charge in [-0.3, -0.25) is 4.79 Å². The zero-order valence-corrected chi connectivity index (χ0v) is 11.3. The van der Waals surface area contributed by atoms with Gasteiger partial charge in [-0.25, -0.2) is 0 Å². The van der Waals surface area contributed by atoms with E-state index in [-0.39, 0.29) is 5.91 Å². The smallest absolute Gasteiger partial charge is 0.226 e. The lowest BCUT2D eigenvalue weighted by atomic mass is 10.3. The van der Waals surface area contributed by atoms with Gasteiger partial charge in [0.05, 0.1) is 19.6 Å². The number of ether oxygens (including phenoxy) is 1. The molecule has 4 heteroatoms. The fraction of sp³-hybridized carbons (Fsp3) is 0.400. The van der Waals surface area contributed by atoms with Gasteiger partial charge in [0.15, 0.2) is 0 Å². The van der Waals surface area contributed by atoms with Crippen molar-refractivity contribution in [3.63, 3.8) is 0 Å². The van der Waals surface area contributed by atoms with Crippen LogP contribution in [0.25, 0.3) is 0 Å². The van der Waals surface area contributed by atoms with Crippen LogP contribution in [0.1, 0.15) is 19.8 Å². The fourth-order valence-electron chi connectivity index (χ4n) is 1.65. The normalized spacial score (nSPS) is 9.68. The molecule has 0 aliphatic rings. The van der Waals surface area contributed by atoms with Crippen molar-refractivity contribution in [2.24, 2.45) is 0 Å². The highest BCUT2D eigenvalue weighted by Gasteiger charge is 2.11. The summed E-state index contributed by atoms with van der Waals surface area (Å²) in [5.74, 6) is 3.23. The van der Waals surface area contributed by atoms with Crippen LogP contribution in [0.2, 0.25) is 0 Å². The number of nitrogens with zero attached hydrogens (tertiary/aromatic N) is 1. The summed E-state index contributed by atoms with van der Waals surface area (Å²) in [6.45, 7) is 3.40. The van der Waals surface area contributed by atoms with Crippen molar-refractivity contribution < 1.29 is 9.53 Å². The average Bonchev–Trinajstić information content (AvgIpc) is 2.40. The Hall–Kier alpha value is -2.15. The van der Waals surface area contributed by atoms with Gasteiger partial charge >= 0.3 is 0 Å². The molecule has 1 aromatic carbocycles. The summed E-state index contributed by atoms with van der Waals surface area (Å²) < 4.78 is 5.48. The Balaban J connectivity index is 2.37. The Bertz CT molecular complexity index is 434. The number of benzene rings is 1. The van der Waals surface area contributed by atoms with E-state index in [1.165, 1.54) is 0 Å². The van der Waals surface area contributed by atoms with Crippen LogP contribution >= 0.6 is 0 Å². The highest BCUT2D eigenvalue weighted by molar-refractivity contribution is 5.76. The lowest BCUT2D eigenvalue weighted by molar-refractivity contribution is -0.131. The zero-order chi connectivity index (χ0) is 14.1. The summed E-state index contributed by atoms with van der Waals surface area (Å²) in [7, 11) is 0. The molecule has 0 spiro atoms. The lowest BCUT2D eigenvalue weighted by Crippen LogP contribution is -2.33. The standard InChI is InChI=1S/C15H20N2O2/c1-3-10-17(11-4-2)15(18)9-12-19-14-7-5-13(16)6-8-14/h1,5-8H,4,9-12,16H2,2H3. The molecule has 0 aliphatic carbocycles. The summed E-state index contributed by atoms with van der Waals surface area (Å²) in [4.78, 5) is 13.6. The number of rotatable bonds is 7. The average molecular weight is 260 g/mol. The number of amides is 1. The minimum absolute atomic E-state index is 0.0234. The molecule has 0 heterocycles. The molecule has 4 nitrogen and oxygen atoms in total. The molecule has 0 saturated heterocycles. The second-order valence-corrected chi connectivity index (χ2v) is 4.19. The fourth-order valence-corrected chi connectivity index (χ4v) is 1.65. The number of nitrogens with two attached hydrogens (primary N) is 1. The van der Waals surface area contributed by atoms with Crippen molar-refractivity contribution in [2.75, 3.05) is 25.4 Å². The molecular weight excluding hydrogens is 240 g/mol. The Kier molecular flexibility index (Phi) is 6.31. The molecule has 0 bridgehead atoms. The molecule has 102 valence electrons. The summed E-state index contributed by atoms with van der Waals surface area (Å²) in [5, 5.41) is 0. The summed E-state index contributed by atoms with van der Waals surface area (Å²) in [5.41, 5.74) is 6.26. The first-order chi connectivity index (χ1) is 9.17. The molecular formula is C15H20N2O2. The van der Waals surface area contributed by atoms with Crippen LogP contribution in [-0.2, 0) is 4.79 Å². The maximum absolute atomic E-state index is 11.9. The zero-order valence-electron chi connectivity index (χ0n) is 11.3. The van der Waals surface area contributed by atoms with E-state index in [4.69, 9.17) is 16.9 Å². The molecule has 0 aromatic heterocycles. The number of hydrogen-bond acceptors (Lipinski definition) is 3. The Morgan fingerprint density at radius 1 is 1.42 bits per heavy atom. The Morgan fingerprint density at radius 3 is 2.68 bits per heavy atom. The first kappa shape index (κ1) is 14.9. The van der Waals surface area contributed by atoms with Crippen LogP contribution in [0, 0.1) is 12.3 Å². The maximum atomic E-state index is 11.9. The van der Waals surface area contributed by atoms with Gasteiger partial charge in [-0.2, -0.15) is 0 Å². The van der Waals surface area contributed by atoms with Crippen molar-refractivity contribution >= 4 is 11.6 Å². The van der Waals surface area contributed by atoms with Crippen LogP contribution in [0.5, 0.6) is 5.75 Å². The molecule has 0 saturated carbocycles. The van der Waals surface area contributed by atoms with E-state index in [1.54, 1.807) is 29.2 Å². The van der Waals surface area contributed by atoms with Crippen molar-refractivity contribution in [1.29, 1.82) is 0 Å². The first-order valence-electron chi connectivity index (χ1n) is 6.37. The number of carbonyl (C=O) groups is 1. The quantitative estimate of drug-likeness (QED) is 0.602. The first-order valence-corrected chi connectivity index (χ1v) is 6.37. The number of terminal acetylenes is 1. The minimum atomic E-state index is 0.0234. The van der Waals surface area contributed by atoms with Gasteiger partial charge in [0.2, 0.25) is 5.91 Å². The van der Waals surface area contributed by atoms with E-state index in [2.05, 4.69) is 5.92 Å². The number of nitrogen functional groups attached to an aromatic ring is 1. The van der Waals surface area contributed by atoms with Gasteiger partial charge in [-0.15, -0.1) is 6.42 Å². The van der Waals surface area contributed by atoms with Crippen LogP contribution in [0.4, 0.5) is 5.69 Å². The largest absolute Gasteiger partial charge is 0.493 e. The topological polar surface area (TPSA) is 55.6 Å². The van der Waals surface area contributed by atoms with Crippen LogP contribution in [0.3, 0.4) is 0 Å². The van der Waals surface area contributed by atoms with E-state index in [9.17, 15) is 4.79 Å².